The molecule has 3 aliphatic rings. The molecule has 11 heteroatoms. The van der Waals surface area contributed by atoms with Crippen molar-refractivity contribution in [1.82, 2.24) is 10.3 Å². The fraction of sp³-hybridized carbons (Fsp3) is 0.452. The summed E-state index contributed by atoms with van der Waals surface area (Å²) >= 11 is 0. The van der Waals surface area contributed by atoms with Gasteiger partial charge in [-0.25, -0.2) is 4.98 Å². The summed E-state index contributed by atoms with van der Waals surface area (Å²) in [6, 6.07) is 14.8. The van der Waals surface area contributed by atoms with Gasteiger partial charge in [-0.05, 0) is 56.0 Å². The first-order valence-electron chi connectivity index (χ1n) is 14.2. The van der Waals surface area contributed by atoms with E-state index in [0.29, 0.717) is 17.2 Å². The van der Waals surface area contributed by atoms with Crippen molar-refractivity contribution in [3.05, 3.63) is 60.4 Å². The van der Waals surface area contributed by atoms with Crippen molar-refractivity contribution in [1.29, 1.82) is 5.26 Å². The molecule has 3 aromatic rings. The number of halogens is 3. The van der Waals surface area contributed by atoms with Crippen LogP contribution in [-0.4, -0.2) is 45.2 Å². The maximum atomic E-state index is 12.9. The largest absolute Gasteiger partial charge is 0.444 e. The maximum Gasteiger partial charge on any atom is 0.416 e. The minimum Gasteiger partial charge on any atom is -0.444 e. The van der Waals surface area contributed by atoms with E-state index in [1.807, 2.05) is 24.3 Å². The molecule has 222 valence electrons. The Morgan fingerprint density at radius 3 is 2.36 bits per heavy atom. The molecule has 2 aromatic carbocycles. The molecule has 0 bridgehead atoms. The van der Waals surface area contributed by atoms with Gasteiger partial charge in [-0.2, -0.15) is 18.4 Å². The monoisotopic (exact) mass is 598 g/mol. The quantitative estimate of drug-likeness (QED) is 0.368. The second-order valence-corrected chi connectivity index (χ2v) is 12.7. The Bertz CT molecular complexity index is 1450. The number of hydrogen-bond donors (Lipinski definition) is 1. The first kappa shape index (κ1) is 29.8. The second-order valence-electron chi connectivity index (χ2n) is 11.0. The lowest BCUT2D eigenvalue weighted by atomic mass is 9.88. The number of benzene rings is 2. The van der Waals surface area contributed by atoms with E-state index in [4.69, 9.17) is 9.68 Å². The van der Waals surface area contributed by atoms with Crippen molar-refractivity contribution in [3.63, 3.8) is 0 Å². The smallest absolute Gasteiger partial charge is 0.416 e. The molecular weight excluding hydrogens is 565 g/mol. The number of nitrogens with zero attached hydrogens (tertiary/aromatic N) is 3. The van der Waals surface area contributed by atoms with Crippen LogP contribution < -0.4 is 10.2 Å². The summed E-state index contributed by atoms with van der Waals surface area (Å²) in [6.45, 7) is 1.52. The fourth-order valence-corrected chi connectivity index (χ4v) is 6.25. The van der Waals surface area contributed by atoms with Crippen LogP contribution in [-0.2, 0) is 21.8 Å². The number of carbonyl (C=O) groups excluding carboxylic acids is 1. The highest BCUT2D eigenvalue weighted by Crippen LogP contribution is 2.36. The Labute approximate surface area is 245 Å². The van der Waals surface area contributed by atoms with Gasteiger partial charge in [0, 0.05) is 58.1 Å². The van der Waals surface area contributed by atoms with Gasteiger partial charge in [0.05, 0.1) is 11.6 Å². The number of amides is 1. The minimum atomic E-state index is -4.41. The van der Waals surface area contributed by atoms with Gasteiger partial charge in [-0.15, -0.1) is 0 Å². The normalized spacial score (nSPS) is 18.9. The molecule has 0 unspecified atom stereocenters. The lowest BCUT2D eigenvalue weighted by molar-refractivity contribution is -0.137. The van der Waals surface area contributed by atoms with Gasteiger partial charge in [-0.3, -0.25) is 9.00 Å². The van der Waals surface area contributed by atoms with Crippen molar-refractivity contribution in [2.75, 3.05) is 29.5 Å². The van der Waals surface area contributed by atoms with Crippen LogP contribution in [0, 0.1) is 17.2 Å². The van der Waals surface area contributed by atoms with Crippen LogP contribution in [0.25, 0.3) is 22.7 Å². The van der Waals surface area contributed by atoms with Crippen molar-refractivity contribution in [3.8, 4) is 28.8 Å². The third kappa shape index (κ3) is 7.40. The summed E-state index contributed by atoms with van der Waals surface area (Å²) in [6.07, 6.45) is 4.30. The molecule has 1 aromatic heterocycles. The van der Waals surface area contributed by atoms with Gasteiger partial charge in [0.25, 0.3) is 0 Å². The number of alkyl halides is 3. The number of carbonyl (C=O) groups is 1. The van der Waals surface area contributed by atoms with Crippen LogP contribution in [0.4, 0.5) is 18.9 Å². The molecule has 7 nitrogen and oxygen atoms in total. The zero-order chi connectivity index (χ0) is 29.7. The topological polar surface area (TPSA) is 99.2 Å². The molecular formula is C31H33F3N4O3S. The maximum absolute atomic E-state index is 12.9. The van der Waals surface area contributed by atoms with Gasteiger partial charge < -0.3 is 14.6 Å². The Morgan fingerprint density at radius 1 is 1.05 bits per heavy atom. The van der Waals surface area contributed by atoms with Crippen molar-refractivity contribution in [2.24, 2.45) is 5.92 Å². The van der Waals surface area contributed by atoms with Crippen LogP contribution in [0.15, 0.2) is 59.2 Å². The van der Waals surface area contributed by atoms with E-state index >= 15 is 0 Å². The van der Waals surface area contributed by atoms with Crippen LogP contribution in [0.1, 0.15) is 50.5 Å². The van der Waals surface area contributed by atoms with E-state index in [1.54, 1.807) is 0 Å². The highest BCUT2D eigenvalue weighted by atomic mass is 32.2. The van der Waals surface area contributed by atoms with E-state index in [9.17, 15) is 22.2 Å². The summed E-state index contributed by atoms with van der Waals surface area (Å²) in [5, 5.41) is 11.7. The Kier molecular flexibility index (Phi) is 9.02. The highest BCUT2D eigenvalue weighted by Gasteiger charge is 2.45. The number of aromatic nitrogens is 1. The van der Waals surface area contributed by atoms with Gasteiger partial charge >= 0.3 is 6.18 Å². The third-order valence-electron chi connectivity index (χ3n) is 7.95. The van der Waals surface area contributed by atoms with E-state index < -0.39 is 28.1 Å². The Balaban J connectivity index is 0.000000211. The SMILES string of the molecule is N#CC1(NC(=O)C2CCCCC2)CC1.O=S1CCN(c2ccc(-c3coc(-c4cccc(C(F)(F)F)c4)n3)cc2)CC1. The van der Waals surface area contributed by atoms with Crippen molar-refractivity contribution < 1.29 is 26.6 Å². The van der Waals surface area contributed by atoms with E-state index in [0.717, 1.165) is 75.0 Å². The number of oxazole rings is 1. The van der Waals surface area contributed by atoms with E-state index in [2.05, 4.69) is 21.3 Å². The molecule has 2 saturated carbocycles. The van der Waals surface area contributed by atoms with Crippen LogP contribution in [0.2, 0.25) is 0 Å². The lowest BCUT2D eigenvalue weighted by Gasteiger charge is -2.28. The molecule has 6 rings (SSSR count). The molecule has 1 N–H and O–H groups in total. The molecule has 1 aliphatic heterocycles. The summed E-state index contributed by atoms with van der Waals surface area (Å²) in [5.74, 6) is 1.78. The number of nitriles is 1. The second kappa shape index (κ2) is 12.7. The summed E-state index contributed by atoms with van der Waals surface area (Å²) < 4.78 is 55.6. The van der Waals surface area contributed by atoms with E-state index in [1.165, 1.54) is 24.8 Å². The third-order valence-corrected chi connectivity index (χ3v) is 9.23. The average molecular weight is 599 g/mol. The standard InChI is InChI=1S/C20H17F3N2O2S.C11H16N2O/c21-20(22,23)16-3-1-2-15(12-16)19-24-18(13-27-19)14-4-6-17(7-5-14)25-8-10-28(26)11-9-25;12-8-11(6-7-11)13-10(14)9-4-2-1-3-5-9/h1-7,12-13H,8-11H2;9H,1-7H2,(H,13,14). The van der Waals surface area contributed by atoms with Crippen molar-refractivity contribution in [2.45, 2.75) is 56.7 Å². The number of rotatable bonds is 5. The molecule has 42 heavy (non-hydrogen) atoms. The number of nitrogens with one attached hydrogen (secondary N) is 1. The zero-order valence-electron chi connectivity index (χ0n) is 23.2. The minimum absolute atomic E-state index is 0.115. The summed E-state index contributed by atoms with van der Waals surface area (Å²) in [7, 11) is -0.726. The van der Waals surface area contributed by atoms with Crippen LogP contribution in [0.5, 0.6) is 0 Å². The van der Waals surface area contributed by atoms with Crippen molar-refractivity contribution >= 4 is 22.4 Å². The molecule has 1 amide bonds. The van der Waals surface area contributed by atoms with Gasteiger partial charge in [0.15, 0.2) is 0 Å². The van der Waals surface area contributed by atoms with Gasteiger partial charge in [-0.1, -0.05) is 37.5 Å². The molecule has 0 spiro atoms. The summed E-state index contributed by atoms with van der Waals surface area (Å²) in [4.78, 5) is 18.3. The first-order chi connectivity index (χ1) is 20.2. The van der Waals surface area contributed by atoms with E-state index in [-0.39, 0.29) is 23.3 Å². The molecule has 2 heterocycles. The molecule has 2 aliphatic carbocycles. The highest BCUT2D eigenvalue weighted by molar-refractivity contribution is 7.85. The van der Waals surface area contributed by atoms with Gasteiger partial charge in [0.1, 0.15) is 17.5 Å². The fourth-order valence-electron chi connectivity index (χ4n) is 5.20. The molecule has 1 saturated heterocycles. The zero-order valence-corrected chi connectivity index (χ0v) is 24.0. The Hall–Kier alpha value is -3.65. The summed E-state index contributed by atoms with van der Waals surface area (Å²) in [5.41, 5.74) is 1.47. The van der Waals surface area contributed by atoms with Gasteiger partial charge in [0.2, 0.25) is 11.8 Å². The number of hydrogen-bond acceptors (Lipinski definition) is 6. The molecule has 3 fully saturated rings. The van der Waals surface area contributed by atoms with Crippen LogP contribution >= 0.6 is 0 Å². The number of anilines is 1. The first-order valence-corrected chi connectivity index (χ1v) is 15.7. The van der Waals surface area contributed by atoms with Crippen LogP contribution in [0.3, 0.4) is 0 Å². The predicted molar refractivity (Wildman–Crippen MR) is 155 cm³/mol. The lowest BCUT2D eigenvalue weighted by Crippen LogP contribution is -2.40. The Morgan fingerprint density at radius 2 is 1.74 bits per heavy atom. The average Bonchev–Trinajstić information content (AvgIpc) is 3.60. The molecule has 0 atom stereocenters. The molecule has 0 radical (unpaired) electrons. The predicted octanol–water partition coefficient (Wildman–Crippen LogP) is 6.34.